The summed E-state index contributed by atoms with van der Waals surface area (Å²) in [4.78, 5) is 26.2. The topological polar surface area (TPSA) is 49.4 Å². The summed E-state index contributed by atoms with van der Waals surface area (Å²) in [5.74, 6) is -0.292. The molecule has 1 fully saturated rings. The Morgan fingerprint density at radius 3 is 2.39 bits per heavy atom. The van der Waals surface area contributed by atoms with Crippen molar-refractivity contribution in [1.82, 2.24) is 10.2 Å². The number of nitrogens with zero attached hydrogens (tertiary/aromatic N) is 1. The van der Waals surface area contributed by atoms with Gasteiger partial charge in [0.2, 0.25) is 0 Å². The van der Waals surface area contributed by atoms with Crippen LogP contribution in [0.15, 0.2) is 48.5 Å². The highest BCUT2D eigenvalue weighted by Crippen LogP contribution is 2.30. The van der Waals surface area contributed by atoms with Gasteiger partial charge in [0.05, 0.1) is 16.6 Å². The zero-order chi connectivity index (χ0) is 16.6. The Labute approximate surface area is 144 Å². The van der Waals surface area contributed by atoms with Crippen LogP contribution in [0.5, 0.6) is 0 Å². The molecule has 0 spiro atoms. The number of halogens is 2. The molecule has 4 nitrogen and oxygen atoms in total. The molecule has 0 aliphatic carbocycles. The van der Waals surface area contributed by atoms with Gasteiger partial charge in [-0.25, -0.2) is 4.79 Å². The molecular weight excluding hydrogens is 335 g/mol. The number of imide groups is 1. The van der Waals surface area contributed by atoms with Crippen LogP contribution >= 0.6 is 23.2 Å². The Bertz CT molecular complexity index is 779. The number of carbonyl (C=O) groups excluding carboxylic acids is 2. The van der Waals surface area contributed by atoms with Gasteiger partial charge in [-0.2, -0.15) is 0 Å². The van der Waals surface area contributed by atoms with Gasteiger partial charge in [-0.15, -0.1) is 0 Å². The van der Waals surface area contributed by atoms with Crippen LogP contribution in [0.25, 0.3) is 0 Å². The van der Waals surface area contributed by atoms with E-state index in [4.69, 9.17) is 23.2 Å². The molecule has 1 heterocycles. The van der Waals surface area contributed by atoms with Gasteiger partial charge in [-0.1, -0.05) is 59.6 Å². The number of nitrogens with one attached hydrogen (secondary N) is 1. The van der Waals surface area contributed by atoms with Gasteiger partial charge in [0.25, 0.3) is 5.91 Å². The van der Waals surface area contributed by atoms with Gasteiger partial charge in [0, 0.05) is 0 Å². The van der Waals surface area contributed by atoms with Gasteiger partial charge < -0.3 is 5.32 Å². The Hall–Kier alpha value is -2.04. The molecule has 1 aliphatic rings. The molecule has 0 radical (unpaired) electrons. The molecule has 2 aromatic rings. The van der Waals surface area contributed by atoms with Crippen LogP contribution in [0.2, 0.25) is 10.0 Å². The lowest BCUT2D eigenvalue weighted by Gasteiger charge is -2.22. The average Bonchev–Trinajstić information content (AvgIpc) is 2.76. The zero-order valence-corrected chi connectivity index (χ0v) is 13.9. The quantitative estimate of drug-likeness (QED) is 0.853. The van der Waals surface area contributed by atoms with Crippen LogP contribution < -0.4 is 5.32 Å². The number of rotatable bonds is 3. The molecule has 0 saturated carbocycles. The van der Waals surface area contributed by atoms with Crippen molar-refractivity contribution in [3.05, 3.63) is 69.7 Å². The van der Waals surface area contributed by atoms with Crippen LogP contribution in [0, 0.1) is 0 Å². The van der Waals surface area contributed by atoms with Crippen LogP contribution in [-0.4, -0.2) is 16.8 Å². The van der Waals surface area contributed by atoms with Crippen molar-refractivity contribution in [3.8, 4) is 0 Å². The highest BCUT2D eigenvalue weighted by molar-refractivity contribution is 6.42. The highest BCUT2D eigenvalue weighted by atomic mass is 35.5. The van der Waals surface area contributed by atoms with Gasteiger partial charge in [0.15, 0.2) is 0 Å². The second kappa shape index (κ2) is 5.87. The summed E-state index contributed by atoms with van der Waals surface area (Å²) in [5, 5.41) is 3.59. The van der Waals surface area contributed by atoms with E-state index in [1.807, 2.05) is 30.3 Å². The lowest BCUT2D eigenvalue weighted by molar-refractivity contribution is -0.131. The molecule has 0 aromatic heterocycles. The fourth-order valence-corrected chi connectivity index (χ4v) is 2.95. The maximum absolute atomic E-state index is 12.8. The van der Waals surface area contributed by atoms with Gasteiger partial charge in [0.1, 0.15) is 5.54 Å². The lowest BCUT2D eigenvalue weighted by atomic mass is 9.92. The third-order valence-electron chi connectivity index (χ3n) is 3.95. The van der Waals surface area contributed by atoms with E-state index in [0.717, 1.165) is 11.1 Å². The van der Waals surface area contributed by atoms with Crippen LogP contribution in [0.4, 0.5) is 4.79 Å². The SMILES string of the molecule is CC1(c2ccccc2)NC(=O)N(Cc2ccc(Cl)c(Cl)c2)C1=O. The van der Waals surface area contributed by atoms with Gasteiger partial charge in [-0.05, 0) is 30.2 Å². The summed E-state index contributed by atoms with van der Waals surface area (Å²) in [7, 11) is 0. The Morgan fingerprint density at radius 1 is 1.04 bits per heavy atom. The molecule has 0 bridgehead atoms. The number of benzene rings is 2. The van der Waals surface area contributed by atoms with Crippen LogP contribution in [0.3, 0.4) is 0 Å². The normalized spacial score (nSPS) is 20.7. The minimum Gasteiger partial charge on any atom is -0.319 e. The van der Waals surface area contributed by atoms with Crippen molar-refractivity contribution in [2.24, 2.45) is 0 Å². The second-order valence-electron chi connectivity index (χ2n) is 5.56. The van der Waals surface area contributed by atoms with Crippen molar-refractivity contribution in [2.75, 3.05) is 0 Å². The minimum absolute atomic E-state index is 0.143. The van der Waals surface area contributed by atoms with E-state index in [1.165, 1.54) is 4.90 Å². The first-order valence-electron chi connectivity index (χ1n) is 7.05. The second-order valence-corrected chi connectivity index (χ2v) is 6.38. The van der Waals surface area contributed by atoms with Crippen molar-refractivity contribution in [3.63, 3.8) is 0 Å². The lowest BCUT2D eigenvalue weighted by Crippen LogP contribution is -2.40. The molecule has 3 rings (SSSR count). The number of amides is 3. The van der Waals surface area contributed by atoms with E-state index in [-0.39, 0.29) is 12.5 Å². The largest absolute Gasteiger partial charge is 0.325 e. The molecular formula is C17H14Cl2N2O2. The average molecular weight is 349 g/mol. The summed E-state index contributed by atoms with van der Waals surface area (Å²) >= 11 is 11.9. The molecule has 1 saturated heterocycles. The van der Waals surface area contributed by atoms with Crippen molar-refractivity contribution >= 4 is 35.1 Å². The summed E-state index contributed by atoms with van der Waals surface area (Å²) in [5.41, 5.74) is 0.421. The number of urea groups is 1. The molecule has 1 N–H and O–H groups in total. The first-order chi connectivity index (χ1) is 10.9. The predicted molar refractivity (Wildman–Crippen MR) is 89.3 cm³/mol. The Balaban J connectivity index is 1.88. The third kappa shape index (κ3) is 2.80. The molecule has 1 unspecified atom stereocenters. The van der Waals surface area contributed by atoms with E-state index in [9.17, 15) is 9.59 Å². The molecule has 118 valence electrons. The number of hydrogen-bond donors (Lipinski definition) is 1. The van der Waals surface area contributed by atoms with Crippen molar-refractivity contribution < 1.29 is 9.59 Å². The molecule has 23 heavy (non-hydrogen) atoms. The van der Waals surface area contributed by atoms with E-state index in [1.54, 1.807) is 25.1 Å². The van der Waals surface area contributed by atoms with E-state index in [2.05, 4.69) is 5.32 Å². The standard InChI is InChI=1S/C17H14Cl2N2O2/c1-17(12-5-3-2-4-6-12)15(22)21(16(23)20-17)10-11-7-8-13(18)14(19)9-11/h2-9H,10H2,1H3,(H,20,23). The first kappa shape index (κ1) is 15.8. The predicted octanol–water partition coefficient (Wildman–Crippen LogP) is 3.96. The highest BCUT2D eigenvalue weighted by Gasteiger charge is 2.48. The fourth-order valence-electron chi connectivity index (χ4n) is 2.63. The summed E-state index contributed by atoms with van der Waals surface area (Å²) in [6, 6.07) is 13.8. The van der Waals surface area contributed by atoms with Gasteiger partial charge in [-0.3, -0.25) is 9.69 Å². The summed E-state index contributed by atoms with van der Waals surface area (Å²) in [6.45, 7) is 1.85. The summed E-state index contributed by atoms with van der Waals surface area (Å²) in [6.07, 6.45) is 0. The fraction of sp³-hybridized carbons (Fsp3) is 0.176. The number of hydrogen-bond acceptors (Lipinski definition) is 2. The Morgan fingerprint density at radius 2 is 1.74 bits per heavy atom. The first-order valence-corrected chi connectivity index (χ1v) is 7.81. The van der Waals surface area contributed by atoms with Crippen molar-refractivity contribution in [2.45, 2.75) is 19.0 Å². The molecule has 6 heteroatoms. The molecule has 1 atom stereocenters. The van der Waals surface area contributed by atoms with Crippen LogP contribution in [0.1, 0.15) is 18.1 Å². The molecule has 2 aromatic carbocycles. The zero-order valence-electron chi connectivity index (χ0n) is 12.3. The van der Waals surface area contributed by atoms with E-state index < -0.39 is 11.6 Å². The molecule has 3 amide bonds. The minimum atomic E-state index is -1.06. The van der Waals surface area contributed by atoms with E-state index in [0.29, 0.717) is 10.0 Å². The van der Waals surface area contributed by atoms with Crippen molar-refractivity contribution in [1.29, 1.82) is 0 Å². The maximum Gasteiger partial charge on any atom is 0.325 e. The third-order valence-corrected chi connectivity index (χ3v) is 4.69. The molecule has 1 aliphatic heterocycles. The van der Waals surface area contributed by atoms with E-state index >= 15 is 0 Å². The van der Waals surface area contributed by atoms with Crippen LogP contribution in [-0.2, 0) is 16.9 Å². The monoisotopic (exact) mass is 348 g/mol. The van der Waals surface area contributed by atoms with Gasteiger partial charge >= 0.3 is 6.03 Å². The smallest absolute Gasteiger partial charge is 0.319 e. The summed E-state index contributed by atoms with van der Waals surface area (Å²) < 4.78 is 0. The number of carbonyl (C=O) groups is 2. The maximum atomic E-state index is 12.8. The Kier molecular flexibility index (Phi) is 4.04.